The predicted octanol–water partition coefficient (Wildman–Crippen LogP) is 2.70. The lowest BCUT2D eigenvalue weighted by Gasteiger charge is -2.33. The Kier molecular flexibility index (Phi) is 4.04. The first-order chi connectivity index (χ1) is 11.7. The van der Waals surface area contributed by atoms with Gasteiger partial charge in [0.25, 0.3) is 0 Å². The summed E-state index contributed by atoms with van der Waals surface area (Å²) in [5, 5.41) is 8.34. The van der Waals surface area contributed by atoms with E-state index in [-0.39, 0.29) is 18.1 Å². The quantitative estimate of drug-likeness (QED) is 0.867. The Morgan fingerprint density at radius 3 is 2.71 bits per heavy atom. The fourth-order valence-corrected chi connectivity index (χ4v) is 3.49. The average molecular weight is 328 g/mol. The molecule has 1 aliphatic carbocycles. The van der Waals surface area contributed by atoms with Crippen LogP contribution in [0.1, 0.15) is 49.0 Å². The van der Waals surface area contributed by atoms with E-state index in [1.165, 1.54) is 25.0 Å². The third kappa shape index (κ3) is 3.18. The smallest absolute Gasteiger partial charge is 0.226 e. The van der Waals surface area contributed by atoms with Gasteiger partial charge < -0.3 is 9.47 Å². The van der Waals surface area contributed by atoms with Crippen LogP contribution < -0.4 is 0 Å². The van der Waals surface area contributed by atoms with Crippen molar-refractivity contribution in [2.75, 3.05) is 13.1 Å². The second-order valence-corrected chi connectivity index (χ2v) is 6.79. The van der Waals surface area contributed by atoms with E-state index in [0.717, 1.165) is 37.3 Å². The summed E-state index contributed by atoms with van der Waals surface area (Å²) in [6.07, 6.45) is 6.37. The molecule has 24 heavy (non-hydrogen) atoms. The molecule has 0 unspecified atom stereocenters. The molecule has 1 amide bonds. The third-order valence-corrected chi connectivity index (χ3v) is 5.00. The van der Waals surface area contributed by atoms with E-state index in [0.29, 0.717) is 12.0 Å². The topological polar surface area (TPSA) is 51.0 Å². The highest BCUT2D eigenvalue weighted by atomic mass is 19.1. The molecular weight excluding hydrogens is 307 g/mol. The van der Waals surface area contributed by atoms with Gasteiger partial charge in [0, 0.05) is 25.0 Å². The van der Waals surface area contributed by atoms with Gasteiger partial charge in [0.05, 0.1) is 6.42 Å². The largest absolute Gasteiger partial charge is 0.342 e. The van der Waals surface area contributed by atoms with Crippen molar-refractivity contribution >= 4 is 5.91 Å². The fourth-order valence-electron chi connectivity index (χ4n) is 3.49. The number of hydrogen-bond donors (Lipinski definition) is 0. The van der Waals surface area contributed by atoms with Crippen molar-refractivity contribution in [1.29, 1.82) is 0 Å². The average Bonchev–Trinajstić information content (AvgIpc) is 3.32. The summed E-state index contributed by atoms with van der Waals surface area (Å²) in [6, 6.07) is 6.66. The van der Waals surface area contributed by atoms with Gasteiger partial charge in [-0.2, -0.15) is 0 Å². The molecule has 1 saturated heterocycles. The molecule has 1 aromatic heterocycles. The number of rotatable bonds is 4. The van der Waals surface area contributed by atoms with E-state index in [1.54, 1.807) is 12.1 Å². The molecule has 2 heterocycles. The van der Waals surface area contributed by atoms with Gasteiger partial charge in [0.15, 0.2) is 0 Å². The van der Waals surface area contributed by atoms with Gasteiger partial charge in [-0.3, -0.25) is 4.79 Å². The maximum atomic E-state index is 13.2. The molecule has 2 aliphatic rings. The van der Waals surface area contributed by atoms with Crippen molar-refractivity contribution in [1.82, 2.24) is 19.7 Å². The zero-order valence-electron chi connectivity index (χ0n) is 13.6. The summed E-state index contributed by atoms with van der Waals surface area (Å²) < 4.78 is 15.5. The molecule has 0 bridgehead atoms. The Morgan fingerprint density at radius 1 is 1.21 bits per heavy atom. The molecule has 6 heteroatoms. The van der Waals surface area contributed by atoms with Gasteiger partial charge in [-0.05, 0) is 43.4 Å². The molecule has 0 atom stereocenters. The second kappa shape index (κ2) is 6.34. The molecule has 5 nitrogen and oxygen atoms in total. The van der Waals surface area contributed by atoms with E-state index < -0.39 is 0 Å². The second-order valence-electron chi connectivity index (χ2n) is 6.79. The molecule has 1 aromatic carbocycles. The minimum atomic E-state index is -0.292. The molecule has 126 valence electrons. The Hall–Kier alpha value is -2.24. The zero-order valence-corrected chi connectivity index (χ0v) is 13.6. The van der Waals surface area contributed by atoms with Crippen molar-refractivity contribution in [3.8, 4) is 0 Å². The molecule has 0 spiro atoms. The highest BCUT2D eigenvalue weighted by Crippen LogP contribution is 2.40. The number of benzene rings is 1. The van der Waals surface area contributed by atoms with E-state index in [9.17, 15) is 9.18 Å². The number of nitrogens with zero attached hydrogens (tertiary/aromatic N) is 4. The van der Waals surface area contributed by atoms with Gasteiger partial charge in [-0.1, -0.05) is 12.1 Å². The van der Waals surface area contributed by atoms with Gasteiger partial charge in [-0.15, -0.1) is 10.2 Å². The van der Waals surface area contributed by atoms with Crippen LogP contribution in [0.4, 0.5) is 4.39 Å². The van der Waals surface area contributed by atoms with E-state index in [4.69, 9.17) is 0 Å². The number of carbonyl (C=O) groups excluding carboxylic acids is 1. The minimum absolute atomic E-state index is 0.0743. The first-order valence-corrected chi connectivity index (χ1v) is 8.62. The minimum Gasteiger partial charge on any atom is -0.342 e. The van der Waals surface area contributed by atoms with Crippen LogP contribution >= 0.6 is 0 Å². The summed E-state index contributed by atoms with van der Waals surface area (Å²) in [4.78, 5) is 14.3. The molecule has 0 radical (unpaired) electrons. The van der Waals surface area contributed by atoms with Crippen molar-refractivity contribution in [3.63, 3.8) is 0 Å². The van der Waals surface area contributed by atoms with Crippen molar-refractivity contribution in [2.45, 2.75) is 44.1 Å². The Morgan fingerprint density at radius 2 is 2.00 bits per heavy atom. The maximum Gasteiger partial charge on any atom is 0.226 e. The van der Waals surface area contributed by atoms with E-state index >= 15 is 0 Å². The first-order valence-electron chi connectivity index (χ1n) is 8.62. The van der Waals surface area contributed by atoms with Crippen LogP contribution in [0.25, 0.3) is 0 Å². The molecule has 0 N–H and O–H groups in total. The van der Waals surface area contributed by atoms with Gasteiger partial charge in [0.1, 0.15) is 18.0 Å². The van der Waals surface area contributed by atoms with Gasteiger partial charge in [-0.25, -0.2) is 4.39 Å². The Bertz CT molecular complexity index is 732. The molecule has 1 aliphatic heterocycles. The summed E-state index contributed by atoms with van der Waals surface area (Å²) in [7, 11) is 0. The number of carbonyl (C=O) groups is 1. The predicted molar refractivity (Wildman–Crippen MR) is 87.0 cm³/mol. The van der Waals surface area contributed by atoms with Gasteiger partial charge >= 0.3 is 0 Å². The molecule has 1 saturated carbocycles. The van der Waals surface area contributed by atoms with Crippen LogP contribution in [0.2, 0.25) is 0 Å². The van der Waals surface area contributed by atoms with E-state index in [1.807, 2.05) is 11.2 Å². The number of halogens is 1. The normalized spacial score (nSPS) is 18.8. The number of hydrogen-bond acceptors (Lipinski definition) is 3. The summed E-state index contributed by atoms with van der Waals surface area (Å²) >= 11 is 0. The maximum absolute atomic E-state index is 13.2. The third-order valence-electron chi connectivity index (χ3n) is 5.00. The van der Waals surface area contributed by atoms with Gasteiger partial charge in [0.2, 0.25) is 5.91 Å². The lowest BCUT2D eigenvalue weighted by molar-refractivity contribution is -0.131. The van der Waals surface area contributed by atoms with Crippen LogP contribution in [0.3, 0.4) is 0 Å². The Labute approximate surface area is 140 Å². The standard InChI is InChI=1S/C18H21FN4O/c19-15-3-1-2-13(10-15)11-17(24)22-8-6-16(7-9-22)23-12-20-21-18(23)14-4-5-14/h1-3,10,12,14,16H,4-9,11H2. The fraction of sp³-hybridized carbons (Fsp3) is 0.500. The SMILES string of the molecule is O=C(Cc1cccc(F)c1)N1CCC(n2cnnc2C2CC2)CC1. The van der Waals surface area contributed by atoms with Crippen LogP contribution in [0.5, 0.6) is 0 Å². The molecule has 4 rings (SSSR count). The number of aromatic nitrogens is 3. The van der Waals surface area contributed by atoms with Crippen LogP contribution in [0.15, 0.2) is 30.6 Å². The van der Waals surface area contributed by atoms with Crippen molar-refractivity contribution in [3.05, 3.63) is 47.8 Å². The van der Waals surface area contributed by atoms with Crippen molar-refractivity contribution < 1.29 is 9.18 Å². The number of likely N-dealkylation sites (tertiary alicyclic amines) is 1. The first kappa shape index (κ1) is 15.3. The highest BCUT2D eigenvalue weighted by Gasteiger charge is 2.32. The van der Waals surface area contributed by atoms with Crippen LogP contribution in [-0.2, 0) is 11.2 Å². The monoisotopic (exact) mass is 328 g/mol. The summed E-state index contributed by atoms with van der Waals surface area (Å²) in [5.74, 6) is 1.48. The van der Waals surface area contributed by atoms with Crippen molar-refractivity contribution in [2.24, 2.45) is 0 Å². The van der Waals surface area contributed by atoms with E-state index in [2.05, 4.69) is 14.8 Å². The molecule has 2 aromatic rings. The lowest BCUT2D eigenvalue weighted by Crippen LogP contribution is -2.40. The van der Waals surface area contributed by atoms with Crippen LogP contribution in [-0.4, -0.2) is 38.7 Å². The van der Waals surface area contributed by atoms with Crippen LogP contribution in [0, 0.1) is 5.82 Å². The lowest BCUT2D eigenvalue weighted by atomic mass is 10.0. The highest BCUT2D eigenvalue weighted by molar-refractivity contribution is 5.78. The number of piperidine rings is 1. The molecule has 2 fully saturated rings. The number of amides is 1. The molecular formula is C18H21FN4O. The summed E-state index contributed by atoms with van der Waals surface area (Å²) in [6.45, 7) is 1.47. The Balaban J connectivity index is 1.35. The summed E-state index contributed by atoms with van der Waals surface area (Å²) in [5.41, 5.74) is 0.733. The zero-order chi connectivity index (χ0) is 16.5.